The van der Waals surface area contributed by atoms with Crippen LogP contribution in [-0.2, 0) is 13.1 Å². The molecule has 110 valence electrons. The molecule has 2 N–H and O–H groups in total. The molecule has 0 amide bonds. The van der Waals surface area contributed by atoms with Crippen molar-refractivity contribution in [2.75, 3.05) is 14.2 Å². The lowest BCUT2D eigenvalue weighted by Crippen LogP contribution is -2.18. The van der Waals surface area contributed by atoms with Gasteiger partial charge in [0.25, 0.3) is 0 Å². The van der Waals surface area contributed by atoms with Crippen molar-refractivity contribution in [1.29, 1.82) is 0 Å². The Balaban J connectivity index is 2.01. The van der Waals surface area contributed by atoms with E-state index in [1.165, 1.54) is 11.1 Å². The molecule has 0 atom stereocenters. The Kier molecular flexibility index (Phi) is 5.31. The van der Waals surface area contributed by atoms with Crippen molar-refractivity contribution in [3.63, 3.8) is 0 Å². The third-order valence-electron chi connectivity index (χ3n) is 3.32. The van der Waals surface area contributed by atoms with E-state index in [1.807, 2.05) is 30.3 Å². The van der Waals surface area contributed by atoms with Gasteiger partial charge in [-0.3, -0.25) is 4.90 Å². The van der Waals surface area contributed by atoms with Crippen LogP contribution in [0.15, 0.2) is 48.5 Å². The van der Waals surface area contributed by atoms with Gasteiger partial charge in [0.1, 0.15) is 10.7 Å². The molecule has 2 rings (SSSR count). The summed E-state index contributed by atoms with van der Waals surface area (Å²) in [6.07, 6.45) is 0. The van der Waals surface area contributed by atoms with E-state index in [1.54, 1.807) is 7.11 Å². The molecule has 0 spiro atoms. The number of ether oxygens (including phenoxy) is 1. The quantitative estimate of drug-likeness (QED) is 0.833. The highest BCUT2D eigenvalue weighted by atomic mass is 32.1. The predicted octanol–water partition coefficient (Wildman–Crippen LogP) is 2.96. The van der Waals surface area contributed by atoms with Crippen LogP contribution in [0, 0.1) is 0 Å². The summed E-state index contributed by atoms with van der Waals surface area (Å²) >= 11 is 4.96. The van der Waals surface area contributed by atoms with Crippen molar-refractivity contribution in [2.45, 2.75) is 13.1 Å². The Morgan fingerprint density at radius 3 is 2.38 bits per heavy atom. The van der Waals surface area contributed by atoms with Crippen molar-refractivity contribution in [3.05, 3.63) is 65.2 Å². The van der Waals surface area contributed by atoms with Crippen LogP contribution in [0.1, 0.15) is 16.7 Å². The summed E-state index contributed by atoms with van der Waals surface area (Å²) in [6, 6.07) is 16.1. The van der Waals surface area contributed by atoms with E-state index in [9.17, 15) is 0 Å². The number of para-hydroxylation sites is 1. The lowest BCUT2D eigenvalue weighted by Gasteiger charge is -2.18. The first-order valence-corrected chi connectivity index (χ1v) is 7.20. The van der Waals surface area contributed by atoms with Crippen molar-refractivity contribution >= 4 is 17.2 Å². The van der Waals surface area contributed by atoms with Gasteiger partial charge in [-0.05, 0) is 18.7 Å². The summed E-state index contributed by atoms with van der Waals surface area (Å²) in [5.74, 6) is 0.924. The summed E-state index contributed by atoms with van der Waals surface area (Å²) in [5, 5.41) is 0. The van der Waals surface area contributed by atoms with Crippen LogP contribution in [0.5, 0.6) is 5.75 Å². The average Bonchev–Trinajstić information content (AvgIpc) is 2.48. The standard InChI is InChI=1S/C17H20N2OS/c1-19(12-15-5-3-4-6-16(15)20-2)11-13-7-9-14(10-8-13)17(18)21/h3-10H,11-12H2,1-2H3,(H2,18,21). The molecule has 0 bridgehead atoms. The molecule has 0 aliphatic carbocycles. The minimum atomic E-state index is 0.434. The Bertz CT molecular complexity index is 610. The second-order valence-electron chi connectivity index (χ2n) is 5.05. The van der Waals surface area contributed by atoms with Crippen molar-refractivity contribution in [2.24, 2.45) is 5.73 Å². The Labute approximate surface area is 131 Å². The average molecular weight is 300 g/mol. The third kappa shape index (κ3) is 4.28. The van der Waals surface area contributed by atoms with E-state index in [4.69, 9.17) is 22.7 Å². The van der Waals surface area contributed by atoms with E-state index >= 15 is 0 Å². The predicted molar refractivity (Wildman–Crippen MR) is 90.5 cm³/mol. The molecule has 0 aliphatic rings. The zero-order valence-corrected chi connectivity index (χ0v) is 13.2. The van der Waals surface area contributed by atoms with Gasteiger partial charge in [-0.15, -0.1) is 0 Å². The molecule has 0 fully saturated rings. The minimum absolute atomic E-state index is 0.434. The van der Waals surface area contributed by atoms with Crippen LogP contribution in [0.4, 0.5) is 0 Å². The number of thiocarbonyl (C=S) groups is 1. The molecule has 0 aliphatic heterocycles. The summed E-state index contributed by atoms with van der Waals surface area (Å²) in [5.41, 5.74) is 8.92. The summed E-state index contributed by atoms with van der Waals surface area (Å²) < 4.78 is 5.38. The molecule has 0 saturated carbocycles. The van der Waals surface area contributed by atoms with Gasteiger partial charge in [0.2, 0.25) is 0 Å². The number of hydrogen-bond donors (Lipinski definition) is 1. The Morgan fingerprint density at radius 1 is 1.10 bits per heavy atom. The van der Waals surface area contributed by atoms with Crippen LogP contribution in [0.25, 0.3) is 0 Å². The van der Waals surface area contributed by atoms with Crippen molar-refractivity contribution < 1.29 is 4.74 Å². The molecule has 21 heavy (non-hydrogen) atoms. The van der Waals surface area contributed by atoms with Crippen molar-refractivity contribution in [3.8, 4) is 5.75 Å². The van der Waals surface area contributed by atoms with Gasteiger partial charge >= 0.3 is 0 Å². The molecular formula is C17H20N2OS. The Hall–Kier alpha value is -1.91. The second-order valence-corrected chi connectivity index (χ2v) is 5.49. The van der Waals surface area contributed by atoms with Crippen molar-refractivity contribution in [1.82, 2.24) is 4.90 Å². The highest BCUT2D eigenvalue weighted by Crippen LogP contribution is 2.19. The fourth-order valence-electron chi connectivity index (χ4n) is 2.27. The number of nitrogens with zero attached hydrogens (tertiary/aromatic N) is 1. The summed E-state index contributed by atoms with van der Waals surface area (Å²) in [7, 11) is 3.79. The maximum Gasteiger partial charge on any atom is 0.123 e. The van der Waals surface area contributed by atoms with Gasteiger partial charge < -0.3 is 10.5 Å². The third-order valence-corrected chi connectivity index (χ3v) is 3.56. The Morgan fingerprint density at radius 2 is 1.76 bits per heavy atom. The molecule has 2 aromatic carbocycles. The smallest absolute Gasteiger partial charge is 0.123 e. The lowest BCUT2D eigenvalue weighted by atomic mass is 10.1. The number of nitrogens with two attached hydrogens (primary N) is 1. The van der Waals surface area contributed by atoms with Gasteiger partial charge in [0, 0.05) is 24.2 Å². The molecule has 0 saturated heterocycles. The molecule has 0 aromatic heterocycles. The van der Waals surface area contributed by atoms with Gasteiger partial charge in [-0.1, -0.05) is 54.7 Å². The number of methoxy groups -OCH3 is 1. The highest BCUT2D eigenvalue weighted by Gasteiger charge is 2.06. The first-order chi connectivity index (χ1) is 10.1. The van der Waals surface area contributed by atoms with Gasteiger partial charge in [-0.25, -0.2) is 0 Å². The first kappa shape index (κ1) is 15.5. The zero-order chi connectivity index (χ0) is 15.2. The second kappa shape index (κ2) is 7.20. The molecule has 0 unspecified atom stereocenters. The zero-order valence-electron chi connectivity index (χ0n) is 12.4. The maximum absolute atomic E-state index is 5.61. The van der Waals surface area contributed by atoms with Crippen LogP contribution in [0.2, 0.25) is 0 Å². The molecule has 2 aromatic rings. The van der Waals surface area contributed by atoms with E-state index in [-0.39, 0.29) is 0 Å². The van der Waals surface area contributed by atoms with E-state index in [0.717, 1.165) is 24.4 Å². The molecule has 4 heteroatoms. The maximum atomic E-state index is 5.61. The summed E-state index contributed by atoms with van der Waals surface area (Å²) in [4.78, 5) is 2.68. The van der Waals surface area contributed by atoms with Crippen LogP contribution >= 0.6 is 12.2 Å². The minimum Gasteiger partial charge on any atom is -0.496 e. The van der Waals surface area contributed by atoms with Gasteiger partial charge in [0.05, 0.1) is 7.11 Å². The van der Waals surface area contributed by atoms with Gasteiger partial charge in [-0.2, -0.15) is 0 Å². The number of benzene rings is 2. The van der Waals surface area contributed by atoms with Crippen LogP contribution in [-0.4, -0.2) is 24.0 Å². The highest BCUT2D eigenvalue weighted by molar-refractivity contribution is 7.80. The molecular weight excluding hydrogens is 280 g/mol. The topological polar surface area (TPSA) is 38.5 Å². The van der Waals surface area contributed by atoms with E-state index in [0.29, 0.717) is 4.99 Å². The molecule has 0 radical (unpaired) electrons. The van der Waals surface area contributed by atoms with Crippen LogP contribution in [0.3, 0.4) is 0 Å². The van der Waals surface area contributed by atoms with E-state index < -0.39 is 0 Å². The number of rotatable bonds is 6. The largest absolute Gasteiger partial charge is 0.496 e. The van der Waals surface area contributed by atoms with E-state index in [2.05, 4.69) is 30.1 Å². The fraction of sp³-hybridized carbons (Fsp3) is 0.235. The summed E-state index contributed by atoms with van der Waals surface area (Å²) in [6.45, 7) is 1.69. The fourth-order valence-corrected chi connectivity index (χ4v) is 2.40. The SMILES string of the molecule is COc1ccccc1CN(C)Cc1ccc(C(N)=S)cc1. The van der Waals surface area contributed by atoms with Crippen LogP contribution < -0.4 is 10.5 Å². The normalized spacial score (nSPS) is 10.6. The molecule has 3 nitrogen and oxygen atoms in total. The molecule has 0 heterocycles. The lowest BCUT2D eigenvalue weighted by molar-refractivity contribution is 0.310. The monoisotopic (exact) mass is 300 g/mol. The van der Waals surface area contributed by atoms with Gasteiger partial charge in [0.15, 0.2) is 0 Å². The first-order valence-electron chi connectivity index (χ1n) is 6.79. The number of hydrogen-bond acceptors (Lipinski definition) is 3.